The number of nitrogens with one attached hydrogen (secondary N) is 1. The topological polar surface area (TPSA) is 76.4 Å². The van der Waals surface area contributed by atoms with Crippen LogP contribution < -0.4 is 10.1 Å². The van der Waals surface area contributed by atoms with E-state index >= 15 is 0 Å². The Hall–Kier alpha value is -2.34. The maximum atomic E-state index is 12.1. The monoisotopic (exact) mass is 317 g/mol. The van der Waals surface area contributed by atoms with Crippen LogP contribution in [0.25, 0.3) is 0 Å². The summed E-state index contributed by atoms with van der Waals surface area (Å²) in [5.41, 5.74) is 1.57. The molecule has 1 amide bonds. The summed E-state index contributed by atoms with van der Waals surface area (Å²) in [5.74, 6) is 0.444. The molecule has 1 heterocycles. The molecule has 2 rings (SSSR count). The van der Waals surface area contributed by atoms with E-state index in [0.29, 0.717) is 11.4 Å². The molecule has 1 aromatic carbocycles. The molecule has 0 bridgehead atoms. The molecule has 2 N–H and O–H groups in total. The van der Waals surface area contributed by atoms with Crippen LogP contribution in [0.5, 0.6) is 5.75 Å². The normalized spacial score (nSPS) is 12.2. The molecule has 0 radical (unpaired) electrons. The van der Waals surface area contributed by atoms with Gasteiger partial charge in [-0.05, 0) is 44.5 Å². The van der Waals surface area contributed by atoms with Crippen LogP contribution in [0.2, 0.25) is 0 Å². The van der Waals surface area contributed by atoms with Crippen LogP contribution in [-0.2, 0) is 0 Å². The largest absolute Gasteiger partial charge is 0.491 e. The Balaban J connectivity index is 1.81. The molecule has 0 aliphatic carbocycles. The lowest BCUT2D eigenvalue weighted by atomic mass is 10.2. The van der Waals surface area contributed by atoms with Crippen molar-refractivity contribution in [3.8, 4) is 5.75 Å². The molecular weight excluding hydrogens is 294 g/mol. The van der Waals surface area contributed by atoms with Crippen molar-refractivity contribution in [3.05, 3.63) is 47.8 Å². The Morgan fingerprint density at radius 2 is 2.17 bits per heavy atom. The van der Waals surface area contributed by atoms with E-state index in [9.17, 15) is 9.90 Å². The first-order valence-corrected chi connectivity index (χ1v) is 7.66. The zero-order chi connectivity index (χ0) is 16.8. The van der Waals surface area contributed by atoms with Crippen molar-refractivity contribution >= 4 is 5.91 Å². The number of hydrogen-bond acceptors (Lipinski definition) is 4. The molecule has 1 atom stereocenters. The first-order chi connectivity index (χ1) is 11.0. The third kappa shape index (κ3) is 4.82. The molecule has 0 aliphatic heterocycles. The number of carbonyl (C=O) groups is 1. The molecule has 0 saturated heterocycles. The van der Waals surface area contributed by atoms with Gasteiger partial charge in [0, 0.05) is 18.8 Å². The van der Waals surface area contributed by atoms with Gasteiger partial charge in [0.05, 0.1) is 0 Å². The Morgan fingerprint density at radius 3 is 2.87 bits per heavy atom. The number of ether oxygens (including phenoxy) is 1. The predicted molar refractivity (Wildman–Crippen MR) is 87.6 cm³/mol. The smallest absolute Gasteiger partial charge is 0.269 e. The summed E-state index contributed by atoms with van der Waals surface area (Å²) in [6.07, 6.45) is 0.807. The molecular formula is C17H23N3O3. The summed E-state index contributed by atoms with van der Waals surface area (Å²) in [5, 5.41) is 16.8. The third-order valence-corrected chi connectivity index (χ3v) is 3.32. The summed E-state index contributed by atoms with van der Waals surface area (Å²) in [4.78, 5) is 12.1. The number of aromatic nitrogens is 2. The number of aliphatic hydroxyl groups excluding tert-OH is 1. The minimum Gasteiger partial charge on any atom is -0.491 e. The summed E-state index contributed by atoms with van der Waals surface area (Å²) in [6.45, 7) is 6.12. The van der Waals surface area contributed by atoms with E-state index in [1.807, 2.05) is 45.0 Å². The highest BCUT2D eigenvalue weighted by Crippen LogP contribution is 2.12. The average molecular weight is 317 g/mol. The fourth-order valence-electron chi connectivity index (χ4n) is 2.16. The lowest BCUT2D eigenvalue weighted by Crippen LogP contribution is -2.36. The minimum atomic E-state index is -0.783. The number of nitrogens with zero attached hydrogens (tertiary/aromatic N) is 2. The molecule has 1 aromatic heterocycles. The van der Waals surface area contributed by atoms with E-state index in [-0.39, 0.29) is 25.1 Å². The molecule has 1 unspecified atom stereocenters. The molecule has 6 nitrogen and oxygen atoms in total. The lowest BCUT2D eigenvalue weighted by molar-refractivity contribution is 0.0834. The van der Waals surface area contributed by atoms with Gasteiger partial charge in [0.2, 0.25) is 0 Å². The Labute approximate surface area is 136 Å². The van der Waals surface area contributed by atoms with E-state index in [2.05, 4.69) is 10.4 Å². The highest BCUT2D eigenvalue weighted by atomic mass is 16.5. The molecule has 0 saturated carbocycles. The van der Waals surface area contributed by atoms with Crippen LogP contribution in [0.4, 0.5) is 0 Å². The van der Waals surface area contributed by atoms with E-state index in [1.165, 1.54) is 0 Å². The molecule has 124 valence electrons. The number of rotatable bonds is 7. The van der Waals surface area contributed by atoms with Crippen LogP contribution in [0, 0.1) is 6.92 Å². The highest BCUT2D eigenvalue weighted by molar-refractivity contribution is 5.92. The van der Waals surface area contributed by atoms with Gasteiger partial charge < -0.3 is 15.2 Å². The van der Waals surface area contributed by atoms with E-state index < -0.39 is 6.10 Å². The molecule has 2 aromatic rings. The summed E-state index contributed by atoms with van der Waals surface area (Å²) >= 11 is 0. The lowest BCUT2D eigenvalue weighted by Gasteiger charge is -2.15. The summed E-state index contributed by atoms with van der Waals surface area (Å²) < 4.78 is 7.16. The van der Waals surface area contributed by atoms with Crippen LogP contribution in [0.3, 0.4) is 0 Å². The number of aliphatic hydroxyl groups is 1. The van der Waals surface area contributed by atoms with Crippen molar-refractivity contribution in [2.24, 2.45) is 0 Å². The van der Waals surface area contributed by atoms with Crippen LogP contribution in [0.15, 0.2) is 36.5 Å². The van der Waals surface area contributed by atoms with Gasteiger partial charge >= 0.3 is 0 Å². The van der Waals surface area contributed by atoms with Gasteiger partial charge in [0.1, 0.15) is 24.2 Å². The molecule has 23 heavy (non-hydrogen) atoms. The fraction of sp³-hybridized carbons (Fsp3) is 0.412. The van der Waals surface area contributed by atoms with E-state index in [0.717, 1.165) is 5.56 Å². The summed E-state index contributed by atoms with van der Waals surface area (Å²) in [6, 6.07) is 9.35. The zero-order valence-electron chi connectivity index (χ0n) is 13.7. The number of amides is 1. The third-order valence-electron chi connectivity index (χ3n) is 3.32. The Morgan fingerprint density at radius 1 is 1.39 bits per heavy atom. The second-order valence-electron chi connectivity index (χ2n) is 5.75. The van der Waals surface area contributed by atoms with Crippen molar-refractivity contribution < 1.29 is 14.6 Å². The highest BCUT2D eigenvalue weighted by Gasteiger charge is 2.15. The van der Waals surface area contributed by atoms with Gasteiger partial charge in [-0.3, -0.25) is 9.48 Å². The second-order valence-corrected chi connectivity index (χ2v) is 5.75. The number of hydrogen-bond donors (Lipinski definition) is 2. The van der Waals surface area contributed by atoms with Gasteiger partial charge in [-0.2, -0.15) is 5.10 Å². The zero-order valence-corrected chi connectivity index (χ0v) is 13.7. The van der Waals surface area contributed by atoms with E-state index in [4.69, 9.17) is 4.74 Å². The number of benzene rings is 1. The van der Waals surface area contributed by atoms with E-state index in [1.54, 1.807) is 16.9 Å². The van der Waals surface area contributed by atoms with Gasteiger partial charge in [-0.25, -0.2) is 0 Å². The average Bonchev–Trinajstić information content (AvgIpc) is 3.00. The van der Waals surface area contributed by atoms with Crippen molar-refractivity contribution in [1.82, 2.24) is 15.1 Å². The first kappa shape index (κ1) is 17.0. The van der Waals surface area contributed by atoms with Crippen molar-refractivity contribution in [1.29, 1.82) is 0 Å². The fourth-order valence-corrected chi connectivity index (χ4v) is 2.16. The molecule has 0 aliphatic rings. The minimum absolute atomic E-state index is 0.0975. The quantitative estimate of drug-likeness (QED) is 0.818. The van der Waals surface area contributed by atoms with Gasteiger partial charge in [0.25, 0.3) is 5.91 Å². The van der Waals surface area contributed by atoms with Crippen LogP contribution >= 0.6 is 0 Å². The first-order valence-electron chi connectivity index (χ1n) is 7.66. The maximum absolute atomic E-state index is 12.1. The van der Waals surface area contributed by atoms with Crippen molar-refractivity contribution in [2.45, 2.75) is 32.9 Å². The SMILES string of the molecule is Cc1cccc(OCC(O)CNC(=O)c2ccnn2C(C)C)c1. The van der Waals surface area contributed by atoms with Crippen molar-refractivity contribution in [3.63, 3.8) is 0 Å². The molecule has 0 fully saturated rings. The summed E-state index contributed by atoms with van der Waals surface area (Å²) in [7, 11) is 0. The number of aryl methyl sites for hydroxylation is 1. The Kier molecular flexibility index (Phi) is 5.76. The van der Waals surface area contributed by atoms with Crippen molar-refractivity contribution in [2.75, 3.05) is 13.2 Å². The van der Waals surface area contributed by atoms with Crippen LogP contribution in [-0.4, -0.2) is 40.0 Å². The van der Waals surface area contributed by atoms with Gasteiger partial charge in [0.15, 0.2) is 0 Å². The molecule has 0 spiro atoms. The van der Waals surface area contributed by atoms with Crippen LogP contribution in [0.1, 0.15) is 35.9 Å². The second kappa shape index (κ2) is 7.78. The molecule has 6 heteroatoms. The van der Waals surface area contributed by atoms with Gasteiger partial charge in [-0.1, -0.05) is 12.1 Å². The maximum Gasteiger partial charge on any atom is 0.269 e. The predicted octanol–water partition coefficient (Wildman–Crippen LogP) is 1.94. The Bertz CT molecular complexity index is 652. The number of carbonyl (C=O) groups excluding carboxylic acids is 1. The standard InChI is InChI=1S/C17H23N3O3/c1-12(2)20-16(7-8-19-20)17(22)18-10-14(21)11-23-15-6-4-5-13(3)9-15/h4-9,12,14,21H,10-11H2,1-3H3,(H,18,22). The van der Waals surface area contributed by atoms with Gasteiger partial charge in [-0.15, -0.1) is 0 Å².